The lowest BCUT2D eigenvalue weighted by molar-refractivity contribution is 1.75. The van der Waals surface area contributed by atoms with Gasteiger partial charge in [0.1, 0.15) is 13.5 Å². The molecule has 0 atom stereocenters. The highest BCUT2D eigenvalue weighted by atomic mass is 13.7. The molecule has 0 heterocycles. The fourth-order valence-electron chi connectivity index (χ4n) is 0.304. The maximum atomic E-state index is 6.94. The van der Waals surface area contributed by atoms with E-state index in [4.69, 9.17) is 1.37 Å². The molecule has 0 aromatic rings. The van der Waals surface area contributed by atoms with Crippen molar-refractivity contribution in [2.45, 2.75) is 0 Å². The van der Waals surface area contributed by atoms with Crippen LogP contribution in [0.1, 0.15) is 1.37 Å². The van der Waals surface area contributed by atoms with E-state index in [1.807, 2.05) is 12.2 Å². The molecule has 0 unspecified atom stereocenters. The van der Waals surface area contributed by atoms with Crippen LogP contribution >= 0.6 is 0 Å². The van der Waals surface area contributed by atoms with E-state index in [2.05, 4.69) is 6.08 Å². The van der Waals surface area contributed by atoms with Crippen LogP contribution in [0, 0.1) is 6.08 Å². The molecule has 0 radical (unpaired) electrons. The normalized spacial score (nSPS) is 18.7. The van der Waals surface area contributed by atoms with Crippen LogP contribution in [-0.4, -0.2) is 0 Å². The minimum Gasteiger partial charge on any atom is 0.0395 e. The van der Waals surface area contributed by atoms with E-state index in [0.29, 0.717) is 6.05 Å². The third-order valence-electron chi connectivity index (χ3n) is 0.554. The van der Waals surface area contributed by atoms with Crippen molar-refractivity contribution in [3.63, 3.8) is 0 Å². The molecule has 6 heavy (non-hydrogen) atoms. The van der Waals surface area contributed by atoms with Gasteiger partial charge in [-0.2, -0.15) is 0 Å². The summed E-state index contributed by atoms with van der Waals surface area (Å²) in [5.41, 5.74) is 0. The number of hydrogen-bond donors (Lipinski definition) is 0. The van der Waals surface area contributed by atoms with Crippen molar-refractivity contribution in [2.24, 2.45) is 0 Å². The smallest absolute Gasteiger partial charge is 0.0395 e. The van der Waals surface area contributed by atoms with Crippen LogP contribution in [-0.2, 0) is 0 Å². The largest absolute Gasteiger partial charge is 0.105 e. The summed E-state index contributed by atoms with van der Waals surface area (Å²) in [6, 6.07) is 0.447. The standard InChI is InChI=1S/C6H5/c1-2-4-6-5-3-1/h1-5H/q+1/i4D. The lowest BCUT2D eigenvalue weighted by atomic mass is 10.3. The second kappa shape index (κ2) is 1.54. The average molecular weight is 78.1 g/mol. The third-order valence-corrected chi connectivity index (χ3v) is 0.554. The van der Waals surface area contributed by atoms with Crippen molar-refractivity contribution in [1.29, 1.82) is 0 Å². The Balaban J connectivity index is 2.82. The van der Waals surface area contributed by atoms with Crippen LogP contribution in [0.4, 0.5) is 0 Å². The molecule has 0 nitrogen and oxygen atoms in total. The van der Waals surface area contributed by atoms with E-state index in [1.165, 1.54) is 0 Å². The van der Waals surface area contributed by atoms with Crippen molar-refractivity contribution < 1.29 is 1.37 Å². The first-order valence-corrected chi connectivity index (χ1v) is 1.83. The number of rotatable bonds is 0. The van der Waals surface area contributed by atoms with Gasteiger partial charge in [-0.05, 0) is 0 Å². The van der Waals surface area contributed by atoms with Gasteiger partial charge in [0, 0.05) is 24.3 Å². The number of allylic oxidation sites excluding steroid dienone is 6. The molecule has 1 aliphatic rings. The zero-order valence-corrected chi connectivity index (χ0v) is 3.31. The molecular weight excluding hydrogens is 72.1 g/mol. The average Bonchev–Trinajstić information content (AvgIpc) is 1.69. The van der Waals surface area contributed by atoms with E-state index >= 15 is 0 Å². The molecule has 0 spiro atoms. The van der Waals surface area contributed by atoms with E-state index in [-0.39, 0.29) is 0 Å². The Labute approximate surface area is 38.9 Å². The zero-order valence-electron chi connectivity index (χ0n) is 4.31. The quantitative estimate of drug-likeness (QED) is 0.385. The Kier molecular flexibility index (Phi) is 0.597. The van der Waals surface area contributed by atoms with Crippen molar-refractivity contribution >= 4 is 0 Å². The second-order valence-electron chi connectivity index (χ2n) is 1.01. The molecule has 1 aliphatic carbocycles. The first-order chi connectivity index (χ1) is 3.39. The molecule has 0 amide bonds. The minimum absolute atomic E-state index is 0.447. The SMILES string of the molecule is [2H]C1=[C+]C=CC=C1. The summed E-state index contributed by atoms with van der Waals surface area (Å²) in [4.78, 5) is 0. The summed E-state index contributed by atoms with van der Waals surface area (Å²) in [6.07, 6.45) is 9.78. The van der Waals surface area contributed by atoms with Gasteiger partial charge in [0.25, 0.3) is 0 Å². The molecule has 28 valence electrons. The van der Waals surface area contributed by atoms with E-state index in [1.54, 1.807) is 12.2 Å². The molecule has 0 aliphatic heterocycles. The minimum atomic E-state index is 0.447. The Bertz CT molecular complexity index is 140. The molecule has 0 saturated heterocycles. The van der Waals surface area contributed by atoms with Crippen LogP contribution < -0.4 is 0 Å². The van der Waals surface area contributed by atoms with Crippen LogP contribution in [0.15, 0.2) is 30.4 Å². The second-order valence-corrected chi connectivity index (χ2v) is 1.01. The first-order valence-electron chi connectivity index (χ1n) is 2.33. The molecule has 0 saturated carbocycles. The van der Waals surface area contributed by atoms with Crippen LogP contribution in [0.25, 0.3) is 0 Å². The maximum Gasteiger partial charge on any atom is 0.105 e. The summed E-state index contributed by atoms with van der Waals surface area (Å²) >= 11 is 0. The molecule has 0 N–H and O–H groups in total. The predicted octanol–water partition coefficient (Wildman–Crippen LogP) is 1.47. The Hall–Kier alpha value is -0.870. The van der Waals surface area contributed by atoms with Crippen molar-refractivity contribution in [3.8, 4) is 0 Å². The van der Waals surface area contributed by atoms with E-state index in [0.717, 1.165) is 0 Å². The van der Waals surface area contributed by atoms with Crippen molar-refractivity contribution in [3.05, 3.63) is 36.4 Å². The van der Waals surface area contributed by atoms with Gasteiger partial charge in [0.2, 0.25) is 0 Å². The predicted molar refractivity (Wildman–Crippen MR) is 26.1 cm³/mol. The van der Waals surface area contributed by atoms with Crippen molar-refractivity contribution in [1.82, 2.24) is 0 Å². The highest BCUT2D eigenvalue weighted by Gasteiger charge is 1.78. The zero-order chi connectivity index (χ0) is 5.11. The number of hydrogen-bond acceptors (Lipinski definition) is 0. The topological polar surface area (TPSA) is 0 Å². The summed E-state index contributed by atoms with van der Waals surface area (Å²) in [7, 11) is 0. The summed E-state index contributed by atoms with van der Waals surface area (Å²) in [5.74, 6) is 0. The van der Waals surface area contributed by atoms with Gasteiger partial charge < -0.3 is 0 Å². The van der Waals surface area contributed by atoms with Gasteiger partial charge in [-0.1, -0.05) is 0 Å². The third kappa shape index (κ3) is 0.540. The summed E-state index contributed by atoms with van der Waals surface area (Å²) < 4.78 is 6.94. The lowest BCUT2D eigenvalue weighted by Gasteiger charge is -1.64. The van der Waals surface area contributed by atoms with E-state index in [9.17, 15) is 0 Å². The molecule has 0 heteroatoms. The Morgan fingerprint density at radius 2 is 2.33 bits per heavy atom. The maximum absolute atomic E-state index is 6.94. The van der Waals surface area contributed by atoms with Gasteiger partial charge in [-0.15, -0.1) is 0 Å². The van der Waals surface area contributed by atoms with Gasteiger partial charge in [-0.3, -0.25) is 0 Å². The molecular formula is C6H5+. The highest BCUT2D eigenvalue weighted by molar-refractivity contribution is 5.18. The Morgan fingerprint density at radius 1 is 1.33 bits per heavy atom. The van der Waals surface area contributed by atoms with Gasteiger partial charge in [0.05, 0.1) is 0 Å². The Morgan fingerprint density at radius 3 is 2.67 bits per heavy atom. The van der Waals surface area contributed by atoms with Crippen LogP contribution in [0.5, 0.6) is 0 Å². The van der Waals surface area contributed by atoms with Crippen LogP contribution in [0.3, 0.4) is 0 Å². The summed E-state index contributed by atoms with van der Waals surface area (Å²) in [6.45, 7) is 0. The van der Waals surface area contributed by atoms with Crippen LogP contribution in [0.2, 0.25) is 0 Å². The first kappa shape index (κ1) is 2.33. The molecule has 0 fully saturated rings. The lowest BCUT2D eigenvalue weighted by Crippen LogP contribution is -1.56. The molecule has 1 rings (SSSR count). The van der Waals surface area contributed by atoms with Gasteiger partial charge >= 0.3 is 0 Å². The van der Waals surface area contributed by atoms with Gasteiger partial charge in [0.15, 0.2) is 0 Å². The molecule has 0 aromatic carbocycles. The van der Waals surface area contributed by atoms with Crippen molar-refractivity contribution in [2.75, 3.05) is 0 Å². The molecule has 0 bridgehead atoms. The highest BCUT2D eigenvalue weighted by Crippen LogP contribution is 1.85. The fourth-order valence-corrected chi connectivity index (χ4v) is 0.304. The molecule has 0 aromatic heterocycles. The van der Waals surface area contributed by atoms with Gasteiger partial charge in [-0.25, -0.2) is 0 Å². The fraction of sp³-hybridized carbons (Fsp3) is 0. The monoisotopic (exact) mass is 78.0 g/mol. The summed E-state index contributed by atoms with van der Waals surface area (Å²) in [5, 5.41) is 0. The van der Waals surface area contributed by atoms with E-state index < -0.39 is 0 Å².